The zero-order chi connectivity index (χ0) is 35.0. The van der Waals surface area contributed by atoms with E-state index in [1.165, 1.54) is 0 Å². The van der Waals surface area contributed by atoms with E-state index >= 15 is 0 Å². The van der Waals surface area contributed by atoms with Crippen molar-refractivity contribution in [3.05, 3.63) is 35.9 Å². The number of hydrogen-bond acceptors (Lipinski definition) is 10. The van der Waals surface area contributed by atoms with Gasteiger partial charge in [-0.15, -0.1) is 0 Å². The van der Waals surface area contributed by atoms with Crippen LogP contribution >= 0.6 is 0 Å². The van der Waals surface area contributed by atoms with Crippen molar-refractivity contribution in [3.63, 3.8) is 0 Å². The third-order valence-electron chi connectivity index (χ3n) is 6.96. The van der Waals surface area contributed by atoms with Gasteiger partial charge in [0, 0.05) is 0 Å². The molecule has 13 nitrogen and oxygen atoms in total. The largest absolute Gasteiger partial charge is 0.465 e. The van der Waals surface area contributed by atoms with Gasteiger partial charge >= 0.3 is 24.1 Å². The highest BCUT2D eigenvalue weighted by atomic mass is 16.6. The molecule has 1 aliphatic carbocycles. The van der Waals surface area contributed by atoms with E-state index in [9.17, 15) is 24.0 Å². The fraction of sp³-hybridized carbons (Fsp3) is 0.676. The molecule has 264 valence electrons. The number of hydrogen-bond donors (Lipinski definition) is 3. The summed E-state index contributed by atoms with van der Waals surface area (Å²) in [5, 5.41) is 7.65. The predicted octanol–water partition coefficient (Wildman–Crippen LogP) is 4.55. The van der Waals surface area contributed by atoms with Gasteiger partial charge < -0.3 is 39.6 Å². The molecule has 13 heteroatoms. The van der Waals surface area contributed by atoms with E-state index in [-0.39, 0.29) is 32.2 Å². The summed E-state index contributed by atoms with van der Waals surface area (Å²) in [4.78, 5) is 65.2. The maximum absolute atomic E-state index is 13.8. The Morgan fingerprint density at radius 1 is 0.851 bits per heavy atom. The molecule has 1 fully saturated rings. The number of alkyl carbamates (subject to hydrolysis) is 2. The number of carbonyl (C=O) groups is 5. The molecule has 0 aromatic heterocycles. The van der Waals surface area contributed by atoms with Crippen LogP contribution in [0.3, 0.4) is 0 Å². The van der Waals surface area contributed by atoms with Crippen molar-refractivity contribution in [1.29, 1.82) is 0 Å². The fourth-order valence-corrected chi connectivity index (χ4v) is 4.96. The van der Waals surface area contributed by atoms with E-state index in [0.717, 1.165) is 37.7 Å². The maximum Gasteiger partial charge on any atom is 0.408 e. The zero-order valence-electron chi connectivity index (χ0n) is 28.8. The number of benzene rings is 1. The second-order valence-corrected chi connectivity index (χ2v) is 13.6. The highest BCUT2D eigenvalue weighted by Gasteiger charge is 2.38. The summed E-state index contributed by atoms with van der Waals surface area (Å²) in [7, 11) is 0. The van der Waals surface area contributed by atoms with Gasteiger partial charge in [-0.1, -0.05) is 62.4 Å². The minimum Gasteiger partial charge on any atom is -0.465 e. The van der Waals surface area contributed by atoms with E-state index in [4.69, 9.17) is 23.7 Å². The van der Waals surface area contributed by atoms with Gasteiger partial charge in [-0.25, -0.2) is 14.4 Å². The molecule has 0 spiro atoms. The zero-order valence-corrected chi connectivity index (χ0v) is 28.8. The molecule has 0 radical (unpaired) electrons. The molecule has 0 aliphatic heterocycles. The summed E-state index contributed by atoms with van der Waals surface area (Å²) >= 11 is 0. The lowest BCUT2D eigenvalue weighted by Crippen LogP contribution is -2.57. The van der Waals surface area contributed by atoms with Crippen LogP contribution < -0.4 is 16.0 Å². The fourth-order valence-electron chi connectivity index (χ4n) is 4.96. The Balaban J connectivity index is 2.39. The molecule has 1 aromatic carbocycles. The minimum atomic E-state index is -1.69. The SMILES string of the molecule is CCOC(=O)CNC(=O)C(OC(=O)[C@H](CC1CCCCC1)NC(=O)OC(C)(C)C)[C@H](COCc1ccccc1)NC(=O)OC(C)(C)C. The normalized spacial score (nSPS) is 15.7. The molecule has 3 N–H and O–H groups in total. The molecule has 0 saturated heterocycles. The van der Waals surface area contributed by atoms with Crippen molar-refractivity contribution in [2.75, 3.05) is 19.8 Å². The van der Waals surface area contributed by atoms with E-state index < -0.39 is 66.0 Å². The summed E-state index contributed by atoms with van der Waals surface area (Å²) in [6.07, 6.45) is 1.73. The van der Waals surface area contributed by atoms with Gasteiger partial charge in [-0.2, -0.15) is 0 Å². The molecule has 1 saturated carbocycles. The Bertz CT molecular complexity index is 1160. The Kier molecular flexibility index (Phi) is 16.0. The second kappa shape index (κ2) is 19.1. The lowest BCUT2D eigenvalue weighted by atomic mass is 9.85. The molecular formula is C34H53N3O10. The van der Waals surface area contributed by atoms with Crippen LogP contribution in [0.1, 0.15) is 92.6 Å². The maximum atomic E-state index is 13.8. The van der Waals surface area contributed by atoms with Crippen LogP contribution in [0.4, 0.5) is 9.59 Å². The van der Waals surface area contributed by atoms with Crippen molar-refractivity contribution in [2.24, 2.45) is 5.92 Å². The van der Waals surface area contributed by atoms with Crippen molar-refractivity contribution in [2.45, 2.75) is 123 Å². The number of rotatable bonds is 15. The van der Waals surface area contributed by atoms with Crippen molar-refractivity contribution < 1.29 is 47.7 Å². The van der Waals surface area contributed by atoms with Crippen LogP contribution in [0.15, 0.2) is 30.3 Å². The Morgan fingerprint density at radius 2 is 1.45 bits per heavy atom. The van der Waals surface area contributed by atoms with Crippen LogP contribution in [0.2, 0.25) is 0 Å². The number of carbonyl (C=O) groups excluding carboxylic acids is 5. The first-order valence-electron chi connectivity index (χ1n) is 16.3. The smallest absolute Gasteiger partial charge is 0.408 e. The van der Waals surface area contributed by atoms with Crippen LogP contribution in [-0.4, -0.2) is 79.2 Å². The van der Waals surface area contributed by atoms with Gasteiger partial charge in [0.1, 0.15) is 29.8 Å². The molecular weight excluding hydrogens is 610 g/mol. The van der Waals surface area contributed by atoms with Crippen LogP contribution in [0.5, 0.6) is 0 Å². The van der Waals surface area contributed by atoms with E-state index in [1.54, 1.807) is 48.5 Å². The first-order valence-corrected chi connectivity index (χ1v) is 16.3. The summed E-state index contributed by atoms with van der Waals surface area (Å²) in [5.41, 5.74) is -0.865. The van der Waals surface area contributed by atoms with Crippen molar-refractivity contribution >= 4 is 30.0 Å². The standard InChI is InChI=1S/C34H53N3O10/c1-8-44-27(38)20-35-29(39)28(26(37-32(42)47-34(5,6)7)22-43-21-24-17-13-10-14-18-24)45-30(40)25(19-23-15-11-9-12-16-23)36-31(41)46-33(2,3)4/h10,13-14,17-18,23,25-26,28H,8-9,11-12,15-16,19-22H2,1-7H3,(H,35,39)(H,36,41)(H,37,42)/t25-,26-,28?/m0/s1. The highest BCUT2D eigenvalue weighted by molar-refractivity contribution is 5.89. The van der Waals surface area contributed by atoms with Gasteiger partial charge in [0.25, 0.3) is 5.91 Å². The van der Waals surface area contributed by atoms with Gasteiger partial charge in [-0.05, 0) is 66.4 Å². The quantitative estimate of drug-likeness (QED) is 0.179. The lowest BCUT2D eigenvalue weighted by molar-refractivity contribution is -0.161. The van der Waals surface area contributed by atoms with E-state index in [0.29, 0.717) is 0 Å². The summed E-state index contributed by atoms with van der Waals surface area (Å²) in [5.74, 6) is -2.36. The molecule has 1 unspecified atom stereocenters. The molecule has 2 rings (SSSR count). The average Bonchev–Trinajstić information content (AvgIpc) is 2.97. The minimum absolute atomic E-state index is 0.0997. The molecule has 3 amide bonds. The number of ether oxygens (including phenoxy) is 5. The average molecular weight is 664 g/mol. The van der Waals surface area contributed by atoms with Gasteiger partial charge in [0.05, 0.1) is 19.8 Å². The number of esters is 2. The second-order valence-electron chi connectivity index (χ2n) is 13.6. The first-order chi connectivity index (χ1) is 22.1. The van der Waals surface area contributed by atoms with Crippen molar-refractivity contribution in [3.8, 4) is 0 Å². The van der Waals surface area contributed by atoms with Crippen LogP contribution in [0.25, 0.3) is 0 Å². The number of nitrogens with one attached hydrogen (secondary N) is 3. The van der Waals surface area contributed by atoms with E-state index in [1.807, 2.05) is 30.3 Å². The van der Waals surface area contributed by atoms with Crippen LogP contribution in [-0.2, 0) is 44.7 Å². The van der Waals surface area contributed by atoms with E-state index in [2.05, 4.69) is 16.0 Å². The highest BCUT2D eigenvalue weighted by Crippen LogP contribution is 2.28. The number of amides is 3. The predicted molar refractivity (Wildman–Crippen MR) is 173 cm³/mol. The molecule has 0 bridgehead atoms. The monoisotopic (exact) mass is 663 g/mol. The van der Waals surface area contributed by atoms with Gasteiger partial charge in [0.2, 0.25) is 6.10 Å². The molecule has 0 heterocycles. The van der Waals surface area contributed by atoms with Crippen molar-refractivity contribution in [1.82, 2.24) is 16.0 Å². The molecule has 3 atom stereocenters. The van der Waals surface area contributed by atoms with Gasteiger partial charge in [0.15, 0.2) is 0 Å². The Labute approximate surface area is 278 Å². The Hall–Kier alpha value is -3.87. The third-order valence-corrected chi connectivity index (χ3v) is 6.96. The Morgan fingerprint density at radius 3 is 2.02 bits per heavy atom. The summed E-state index contributed by atoms with van der Waals surface area (Å²) < 4.78 is 27.4. The molecule has 1 aliphatic rings. The molecule has 47 heavy (non-hydrogen) atoms. The van der Waals surface area contributed by atoms with Gasteiger partial charge in [-0.3, -0.25) is 9.59 Å². The summed E-state index contributed by atoms with van der Waals surface area (Å²) in [6.45, 7) is 11.2. The lowest BCUT2D eigenvalue weighted by Gasteiger charge is -2.31. The summed E-state index contributed by atoms with van der Waals surface area (Å²) in [6, 6.07) is 6.82. The first kappa shape index (κ1) is 39.3. The van der Waals surface area contributed by atoms with Crippen LogP contribution in [0, 0.1) is 5.92 Å². The molecule has 1 aromatic rings. The topological polar surface area (TPSA) is 168 Å². The third kappa shape index (κ3) is 16.5.